The van der Waals surface area contributed by atoms with Crippen LogP contribution in [-0.4, -0.2) is 51.4 Å². The number of nitro groups is 1. The Morgan fingerprint density at radius 1 is 1.27 bits per heavy atom. The molecule has 0 bridgehead atoms. The molecule has 1 fully saturated rings. The normalized spacial score (nSPS) is 20.9. The van der Waals surface area contributed by atoms with Crippen LogP contribution < -0.4 is 11.1 Å². The molecule has 2 aromatic carbocycles. The summed E-state index contributed by atoms with van der Waals surface area (Å²) >= 11 is 0. The average Bonchev–Trinajstić information content (AvgIpc) is 3.48. The topological polar surface area (TPSA) is 157 Å². The molecule has 3 amide bonds. The standard InChI is InChI=1S/C26H27N5O6/c1-3-16(2)25(34)28-19-6-4-5-18(12-19)21-13-26(37-29-21)14-22(24(27)33)30(15-26)23(32)11-17-7-9-20(10-8-17)31(35)36/h3-10,12,22H,11,13-15H2,1-2H3,(H2,27,33)(H,28,34)/b16-3-/t22-,26?/m1/s1. The molecule has 0 radical (unpaired) electrons. The highest BCUT2D eigenvalue weighted by molar-refractivity contribution is 6.06. The number of oxime groups is 1. The maximum atomic E-state index is 13.1. The van der Waals surface area contributed by atoms with Crippen LogP contribution in [0, 0.1) is 10.1 Å². The first-order valence-electron chi connectivity index (χ1n) is 11.7. The van der Waals surface area contributed by atoms with Crippen molar-refractivity contribution < 1.29 is 24.1 Å². The van der Waals surface area contributed by atoms with Crippen LogP contribution in [0.1, 0.15) is 37.8 Å². The van der Waals surface area contributed by atoms with E-state index in [1.807, 2.05) is 6.07 Å². The molecule has 11 heteroatoms. The fourth-order valence-electron chi connectivity index (χ4n) is 4.48. The van der Waals surface area contributed by atoms with E-state index in [0.717, 1.165) is 5.56 Å². The first kappa shape index (κ1) is 25.5. The molecule has 11 nitrogen and oxygen atoms in total. The van der Waals surface area contributed by atoms with Crippen LogP contribution in [0.4, 0.5) is 11.4 Å². The summed E-state index contributed by atoms with van der Waals surface area (Å²) in [6.07, 6.45) is 2.22. The first-order chi connectivity index (χ1) is 17.6. The summed E-state index contributed by atoms with van der Waals surface area (Å²) in [6.45, 7) is 3.63. The molecule has 37 heavy (non-hydrogen) atoms. The molecule has 2 aliphatic rings. The number of amides is 3. The Kier molecular flexibility index (Phi) is 7.05. The molecule has 192 valence electrons. The SMILES string of the molecule is C/C=C(/C)C(=O)Nc1cccc(C2=NOC3(C2)C[C@H](C(N)=O)N(C(=O)Cc2ccc([N+](=O)[O-])cc2)C3)c1. The van der Waals surface area contributed by atoms with Gasteiger partial charge in [-0.3, -0.25) is 24.5 Å². The highest BCUT2D eigenvalue weighted by Gasteiger charge is 2.53. The summed E-state index contributed by atoms with van der Waals surface area (Å²) in [6, 6.07) is 12.0. The number of likely N-dealkylation sites (tertiary alicyclic amines) is 1. The number of nitrogens with two attached hydrogens (primary N) is 1. The second-order valence-electron chi connectivity index (χ2n) is 9.24. The number of rotatable bonds is 7. The lowest BCUT2D eigenvalue weighted by atomic mass is 9.91. The van der Waals surface area contributed by atoms with E-state index in [-0.39, 0.29) is 36.9 Å². The number of benzene rings is 2. The molecule has 2 heterocycles. The molecule has 2 aromatic rings. The molecule has 1 unspecified atom stereocenters. The number of carbonyl (C=O) groups excluding carboxylic acids is 3. The number of hydrogen-bond donors (Lipinski definition) is 2. The zero-order valence-electron chi connectivity index (χ0n) is 20.5. The van der Waals surface area contributed by atoms with E-state index in [4.69, 9.17) is 10.6 Å². The van der Waals surface area contributed by atoms with Gasteiger partial charge in [0.15, 0.2) is 5.60 Å². The Labute approximate surface area is 213 Å². The van der Waals surface area contributed by atoms with E-state index >= 15 is 0 Å². The second-order valence-corrected chi connectivity index (χ2v) is 9.24. The van der Waals surface area contributed by atoms with E-state index in [1.165, 1.54) is 29.2 Å². The number of primary amides is 1. The zero-order valence-corrected chi connectivity index (χ0v) is 20.5. The van der Waals surface area contributed by atoms with E-state index in [0.29, 0.717) is 29.0 Å². The van der Waals surface area contributed by atoms with Gasteiger partial charge in [-0.25, -0.2) is 0 Å². The van der Waals surface area contributed by atoms with Gasteiger partial charge in [-0.05, 0) is 31.5 Å². The van der Waals surface area contributed by atoms with Gasteiger partial charge >= 0.3 is 0 Å². The third-order valence-corrected chi connectivity index (χ3v) is 6.64. The van der Waals surface area contributed by atoms with Crippen molar-refractivity contribution in [2.75, 3.05) is 11.9 Å². The molecule has 0 aromatic heterocycles. The van der Waals surface area contributed by atoms with Crippen LogP contribution >= 0.6 is 0 Å². The Balaban J connectivity index is 1.46. The highest BCUT2D eigenvalue weighted by atomic mass is 16.7. The monoisotopic (exact) mass is 505 g/mol. The third kappa shape index (κ3) is 5.50. The van der Waals surface area contributed by atoms with E-state index < -0.39 is 22.5 Å². The summed E-state index contributed by atoms with van der Waals surface area (Å²) in [5, 5.41) is 18.0. The third-order valence-electron chi connectivity index (χ3n) is 6.64. The lowest BCUT2D eigenvalue weighted by molar-refractivity contribution is -0.384. The van der Waals surface area contributed by atoms with Gasteiger partial charge in [0.1, 0.15) is 6.04 Å². The average molecular weight is 506 g/mol. The summed E-state index contributed by atoms with van der Waals surface area (Å²) in [7, 11) is 0. The molecular weight excluding hydrogens is 478 g/mol. The molecule has 4 rings (SSSR count). The zero-order chi connectivity index (χ0) is 26.7. The smallest absolute Gasteiger partial charge is 0.269 e. The number of carbonyl (C=O) groups is 3. The van der Waals surface area contributed by atoms with Crippen molar-refractivity contribution in [3.05, 3.63) is 81.4 Å². The van der Waals surface area contributed by atoms with E-state index in [9.17, 15) is 24.5 Å². The Bertz CT molecular complexity index is 1320. The van der Waals surface area contributed by atoms with Gasteiger partial charge in [0.05, 0.1) is 23.6 Å². The minimum absolute atomic E-state index is 0.0427. The van der Waals surface area contributed by atoms with Crippen molar-refractivity contribution in [2.45, 2.75) is 44.8 Å². The van der Waals surface area contributed by atoms with Gasteiger partial charge in [0, 0.05) is 41.8 Å². The fourth-order valence-corrected chi connectivity index (χ4v) is 4.48. The highest BCUT2D eigenvalue weighted by Crippen LogP contribution is 2.39. The van der Waals surface area contributed by atoms with E-state index in [2.05, 4.69) is 10.5 Å². The predicted molar refractivity (Wildman–Crippen MR) is 136 cm³/mol. The Hall–Kier alpha value is -4.54. The lowest BCUT2D eigenvalue weighted by Gasteiger charge is -2.23. The molecule has 3 N–H and O–H groups in total. The number of nitro benzene ring substituents is 1. The van der Waals surface area contributed by atoms with Gasteiger partial charge in [0.25, 0.3) is 11.6 Å². The second kappa shape index (κ2) is 10.2. The van der Waals surface area contributed by atoms with Gasteiger partial charge in [-0.2, -0.15) is 0 Å². The van der Waals surface area contributed by atoms with Crippen LogP contribution in [0.3, 0.4) is 0 Å². The van der Waals surface area contributed by atoms with Gasteiger partial charge in [-0.15, -0.1) is 0 Å². The van der Waals surface area contributed by atoms with Crippen molar-refractivity contribution >= 4 is 34.8 Å². The van der Waals surface area contributed by atoms with Crippen LogP contribution in [0.15, 0.2) is 65.3 Å². The van der Waals surface area contributed by atoms with Crippen molar-refractivity contribution in [1.82, 2.24) is 4.90 Å². The van der Waals surface area contributed by atoms with Crippen molar-refractivity contribution in [1.29, 1.82) is 0 Å². The number of nitrogens with zero attached hydrogens (tertiary/aromatic N) is 3. The van der Waals surface area contributed by atoms with Crippen molar-refractivity contribution in [2.24, 2.45) is 10.9 Å². The number of hydrogen-bond acceptors (Lipinski definition) is 7. The summed E-state index contributed by atoms with van der Waals surface area (Å²) < 4.78 is 0. The minimum atomic E-state index is -0.902. The summed E-state index contributed by atoms with van der Waals surface area (Å²) in [5.74, 6) is -1.19. The van der Waals surface area contributed by atoms with Gasteiger partial charge in [-0.1, -0.05) is 35.5 Å². The minimum Gasteiger partial charge on any atom is -0.387 e. The molecule has 0 saturated carbocycles. The van der Waals surface area contributed by atoms with Crippen LogP contribution in [0.25, 0.3) is 0 Å². The lowest BCUT2D eigenvalue weighted by Crippen LogP contribution is -2.44. The molecule has 1 spiro atoms. The first-order valence-corrected chi connectivity index (χ1v) is 11.7. The Morgan fingerprint density at radius 3 is 2.65 bits per heavy atom. The van der Waals surface area contributed by atoms with Gasteiger partial charge in [0.2, 0.25) is 11.8 Å². The van der Waals surface area contributed by atoms with Crippen LogP contribution in [0.2, 0.25) is 0 Å². The van der Waals surface area contributed by atoms with E-state index in [1.54, 1.807) is 38.1 Å². The molecular formula is C26H27N5O6. The number of allylic oxidation sites excluding steroid dienone is 1. The van der Waals surface area contributed by atoms with Crippen LogP contribution in [0.5, 0.6) is 0 Å². The summed E-state index contributed by atoms with van der Waals surface area (Å²) in [4.78, 5) is 55.1. The van der Waals surface area contributed by atoms with Gasteiger partial charge < -0.3 is 20.8 Å². The maximum absolute atomic E-state index is 13.1. The van der Waals surface area contributed by atoms with Crippen LogP contribution in [-0.2, 0) is 25.6 Å². The number of nitrogens with one attached hydrogen (secondary N) is 1. The summed E-state index contributed by atoms with van der Waals surface area (Å²) in [5.41, 5.74) is 7.81. The molecule has 1 saturated heterocycles. The number of anilines is 1. The largest absolute Gasteiger partial charge is 0.387 e. The van der Waals surface area contributed by atoms with Crippen molar-refractivity contribution in [3.63, 3.8) is 0 Å². The molecule has 2 aliphatic heterocycles. The maximum Gasteiger partial charge on any atom is 0.269 e. The quantitative estimate of drug-likeness (QED) is 0.335. The molecule has 0 aliphatic carbocycles. The predicted octanol–water partition coefficient (Wildman–Crippen LogP) is 2.69. The fraction of sp³-hybridized carbons (Fsp3) is 0.308. The van der Waals surface area contributed by atoms with Crippen molar-refractivity contribution in [3.8, 4) is 0 Å². The number of non-ortho nitro benzene ring substituents is 1. The molecule has 2 atom stereocenters. The Morgan fingerprint density at radius 2 is 2.00 bits per heavy atom.